The number of methoxy groups -OCH3 is 1. The first-order chi connectivity index (χ1) is 10.2. The standard InChI is InChI=1S/C14H21N3O4/c1-21-8-7-17-13(19)5-4-12(15-17)14(20)16-6-2-3-11(9-16)10-18/h4-5,11,18H,2-3,6-10H2,1H3. The summed E-state index contributed by atoms with van der Waals surface area (Å²) in [7, 11) is 1.54. The van der Waals surface area contributed by atoms with Crippen molar-refractivity contribution in [3.63, 3.8) is 0 Å². The van der Waals surface area contributed by atoms with Gasteiger partial charge in [0.25, 0.3) is 11.5 Å². The van der Waals surface area contributed by atoms with Gasteiger partial charge >= 0.3 is 0 Å². The Hall–Kier alpha value is -1.73. The Bertz CT molecular complexity index is 543. The number of piperidine rings is 1. The Balaban J connectivity index is 2.13. The molecule has 7 nitrogen and oxygen atoms in total. The molecule has 1 aliphatic heterocycles. The summed E-state index contributed by atoms with van der Waals surface area (Å²) in [5, 5.41) is 13.3. The molecule has 1 aromatic rings. The number of carbonyl (C=O) groups excluding carboxylic acids is 1. The van der Waals surface area contributed by atoms with E-state index in [2.05, 4.69) is 5.10 Å². The molecule has 0 aromatic carbocycles. The number of aliphatic hydroxyl groups excluding tert-OH is 1. The lowest BCUT2D eigenvalue weighted by atomic mass is 9.99. The lowest BCUT2D eigenvalue weighted by Gasteiger charge is -2.31. The van der Waals surface area contributed by atoms with Crippen LogP contribution in [0.4, 0.5) is 0 Å². The van der Waals surface area contributed by atoms with Crippen LogP contribution in [0.5, 0.6) is 0 Å². The predicted molar refractivity (Wildman–Crippen MR) is 76.1 cm³/mol. The van der Waals surface area contributed by atoms with E-state index in [-0.39, 0.29) is 29.7 Å². The van der Waals surface area contributed by atoms with Crippen molar-refractivity contribution in [2.24, 2.45) is 5.92 Å². The fourth-order valence-corrected chi connectivity index (χ4v) is 2.46. The zero-order valence-electron chi connectivity index (χ0n) is 12.2. The van der Waals surface area contributed by atoms with E-state index in [1.54, 1.807) is 12.0 Å². The number of rotatable bonds is 5. The van der Waals surface area contributed by atoms with Crippen LogP contribution < -0.4 is 5.56 Å². The normalized spacial score (nSPS) is 18.8. The van der Waals surface area contributed by atoms with Crippen LogP contribution in [0.2, 0.25) is 0 Å². The van der Waals surface area contributed by atoms with E-state index >= 15 is 0 Å². The molecule has 1 atom stereocenters. The Morgan fingerprint density at radius 1 is 1.52 bits per heavy atom. The monoisotopic (exact) mass is 295 g/mol. The molecule has 1 fully saturated rings. The van der Waals surface area contributed by atoms with E-state index in [1.165, 1.54) is 16.8 Å². The topological polar surface area (TPSA) is 84.7 Å². The highest BCUT2D eigenvalue weighted by molar-refractivity contribution is 5.92. The number of hydrogen-bond donors (Lipinski definition) is 1. The maximum Gasteiger partial charge on any atom is 0.274 e. The number of likely N-dealkylation sites (tertiary alicyclic amines) is 1. The van der Waals surface area contributed by atoms with Crippen LogP contribution in [0.15, 0.2) is 16.9 Å². The van der Waals surface area contributed by atoms with Crippen molar-refractivity contribution in [3.05, 3.63) is 28.2 Å². The summed E-state index contributed by atoms with van der Waals surface area (Å²) in [5.74, 6) is -0.0681. The zero-order valence-corrected chi connectivity index (χ0v) is 12.2. The molecule has 1 aromatic heterocycles. The molecular weight excluding hydrogens is 274 g/mol. The molecule has 0 aliphatic carbocycles. The fourth-order valence-electron chi connectivity index (χ4n) is 2.46. The predicted octanol–water partition coefficient (Wildman–Crippen LogP) is -0.266. The van der Waals surface area contributed by atoms with Crippen LogP contribution in [0.1, 0.15) is 23.3 Å². The molecule has 1 amide bonds. The van der Waals surface area contributed by atoms with Gasteiger partial charge in [0.15, 0.2) is 0 Å². The van der Waals surface area contributed by atoms with Gasteiger partial charge in [-0.05, 0) is 24.8 Å². The smallest absolute Gasteiger partial charge is 0.274 e. The molecule has 116 valence electrons. The van der Waals surface area contributed by atoms with Gasteiger partial charge in [0, 0.05) is 32.9 Å². The van der Waals surface area contributed by atoms with Crippen LogP contribution in [-0.2, 0) is 11.3 Å². The van der Waals surface area contributed by atoms with Gasteiger partial charge in [0.05, 0.1) is 13.2 Å². The highest BCUT2D eigenvalue weighted by atomic mass is 16.5. The maximum absolute atomic E-state index is 12.4. The van der Waals surface area contributed by atoms with E-state index in [0.717, 1.165) is 12.8 Å². The van der Waals surface area contributed by atoms with Gasteiger partial charge in [-0.1, -0.05) is 0 Å². The quantitative estimate of drug-likeness (QED) is 0.808. The number of carbonyl (C=O) groups is 1. The number of nitrogens with zero attached hydrogens (tertiary/aromatic N) is 3. The number of hydrogen-bond acceptors (Lipinski definition) is 5. The van der Waals surface area contributed by atoms with Gasteiger partial charge in [-0.3, -0.25) is 9.59 Å². The van der Waals surface area contributed by atoms with Crippen LogP contribution in [-0.4, -0.2) is 59.1 Å². The molecule has 1 N–H and O–H groups in total. The minimum atomic E-state index is -0.254. The van der Waals surface area contributed by atoms with Crippen molar-refractivity contribution in [2.45, 2.75) is 19.4 Å². The van der Waals surface area contributed by atoms with Crippen molar-refractivity contribution in [2.75, 3.05) is 33.4 Å². The minimum absolute atomic E-state index is 0.0878. The van der Waals surface area contributed by atoms with Crippen LogP contribution >= 0.6 is 0 Å². The molecule has 2 rings (SSSR count). The third kappa shape index (κ3) is 3.89. The summed E-state index contributed by atoms with van der Waals surface area (Å²) in [6, 6.07) is 2.81. The summed E-state index contributed by atoms with van der Waals surface area (Å²) in [6.07, 6.45) is 1.81. The Morgan fingerprint density at radius 2 is 2.33 bits per heavy atom. The third-order valence-corrected chi connectivity index (χ3v) is 3.66. The fraction of sp³-hybridized carbons (Fsp3) is 0.643. The molecule has 0 bridgehead atoms. The number of aromatic nitrogens is 2. The first kappa shape index (κ1) is 15.7. The summed E-state index contributed by atoms with van der Waals surface area (Å²) in [6.45, 7) is 1.96. The molecule has 0 radical (unpaired) electrons. The molecule has 7 heteroatoms. The van der Waals surface area contributed by atoms with Gasteiger partial charge in [0.1, 0.15) is 5.69 Å². The summed E-state index contributed by atoms with van der Waals surface area (Å²) in [5.41, 5.74) is -0.000211. The molecule has 2 heterocycles. The molecule has 1 saturated heterocycles. The average molecular weight is 295 g/mol. The van der Waals surface area contributed by atoms with Crippen LogP contribution in [0.3, 0.4) is 0 Å². The van der Waals surface area contributed by atoms with Crippen LogP contribution in [0, 0.1) is 5.92 Å². The molecule has 21 heavy (non-hydrogen) atoms. The summed E-state index contributed by atoms with van der Waals surface area (Å²) < 4.78 is 6.16. The van der Waals surface area contributed by atoms with Crippen LogP contribution in [0.25, 0.3) is 0 Å². The second kappa shape index (κ2) is 7.33. The summed E-state index contributed by atoms with van der Waals surface area (Å²) in [4.78, 5) is 25.8. The molecular formula is C14H21N3O4. The summed E-state index contributed by atoms with van der Waals surface area (Å²) >= 11 is 0. The van der Waals surface area contributed by atoms with Crippen molar-refractivity contribution >= 4 is 5.91 Å². The number of aliphatic hydroxyl groups is 1. The van der Waals surface area contributed by atoms with E-state index < -0.39 is 0 Å². The first-order valence-corrected chi connectivity index (χ1v) is 7.13. The SMILES string of the molecule is COCCn1nc(C(=O)N2CCCC(CO)C2)ccc1=O. The van der Waals surface area contributed by atoms with Gasteiger partial charge < -0.3 is 14.7 Å². The van der Waals surface area contributed by atoms with Crippen molar-refractivity contribution in [1.82, 2.24) is 14.7 Å². The third-order valence-electron chi connectivity index (χ3n) is 3.66. The Morgan fingerprint density at radius 3 is 3.05 bits per heavy atom. The van der Waals surface area contributed by atoms with Crippen molar-refractivity contribution < 1.29 is 14.6 Å². The number of amides is 1. The lowest BCUT2D eigenvalue weighted by Crippen LogP contribution is -2.42. The van der Waals surface area contributed by atoms with E-state index in [0.29, 0.717) is 26.2 Å². The second-order valence-electron chi connectivity index (χ2n) is 5.21. The maximum atomic E-state index is 12.4. The molecule has 1 aliphatic rings. The minimum Gasteiger partial charge on any atom is -0.396 e. The van der Waals surface area contributed by atoms with E-state index in [4.69, 9.17) is 4.74 Å². The Kier molecular flexibility index (Phi) is 5.46. The molecule has 0 saturated carbocycles. The van der Waals surface area contributed by atoms with Crippen molar-refractivity contribution in [1.29, 1.82) is 0 Å². The number of ether oxygens (including phenoxy) is 1. The largest absolute Gasteiger partial charge is 0.396 e. The first-order valence-electron chi connectivity index (χ1n) is 7.13. The van der Waals surface area contributed by atoms with Gasteiger partial charge in [0.2, 0.25) is 0 Å². The van der Waals surface area contributed by atoms with Gasteiger partial charge in [-0.2, -0.15) is 5.10 Å². The highest BCUT2D eigenvalue weighted by Gasteiger charge is 2.25. The highest BCUT2D eigenvalue weighted by Crippen LogP contribution is 2.17. The average Bonchev–Trinajstić information content (AvgIpc) is 2.53. The lowest BCUT2D eigenvalue weighted by molar-refractivity contribution is 0.0611. The van der Waals surface area contributed by atoms with E-state index in [9.17, 15) is 14.7 Å². The van der Waals surface area contributed by atoms with E-state index in [1.807, 2.05) is 0 Å². The second-order valence-corrected chi connectivity index (χ2v) is 5.21. The van der Waals surface area contributed by atoms with Gasteiger partial charge in [-0.25, -0.2) is 4.68 Å². The zero-order chi connectivity index (χ0) is 15.2. The van der Waals surface area contributed by atoms with Crippen molar-refractivity contribution in [3.8, 4) is 0 Å². The van der Waals surface area contributed by atoms with Gasteiger partial charge in [-0.15, -0.1) is 0 Å². The Labute approximate surface area is 123 Å². The molecule has 1 unspecified atom stereocenters. The molecule has 0 spiro atoms.